The minimum Gasteiger partial charge on any atom is -0.381 e. The topological polar surface area (TPSA) is 9.23 Å². The van der Waals surface area contributed by atoms with Gasteiger partial charge >= 0.3 is 0 Å². The highest BCUT2D eigenvalue weighted by Crippen LogP contribution is 2.45. The van der Waals surface area contributed by atoms with Crippen LogP contribution in [0.2, 0.25) is 0 Å². The molecule has 3 aliphatic rings. The second-order valence-electron chi connectivity index (χ2n) is 3.86. The lowest BCUT2D eigenvalue weighted by Gasteiger charge is -2.44. The van der Waals surface area contributed by atoms with Crippen molar-refractivity contribution >= 4 is 15.9 Å². The van der Waals surface area contributed by atoms with Crippen molar-refractivity contribution in [3.8, 4) is 0 Å². The summed E-state index contributed by atoms with van der Waals surface area (Å²) in [6, 6.07) is 0. The standard InChI is InChI=1S/C9H15BrO/c1-11-9-5-6-2-3-7(9)4-8(6)10/h6-9H,2-5H2,1H3/t6-,7-,8-,9-/m1/s1. The molecule has 0 amide bonds. The van der Waals surface area contributed by atoms with Crippen LogP contribution in [0.1, 0.15) is 25.7 Å². The van der Waals surface area contributed by atoms with Gasteiger partial charge in [0.1, 0.15) is 0 Å². The van der Waals surface area contributed by atoms with Gasteiger partial charge in [-0.25, -0.2) is 0 Å². The molecule has 0 aromatic heterocycles. The second kappa shape index (κ2) is 3.06. The van der Waals surface area contributed by atoms with Crippen LogP contribution in [0.25, 0.3) is 0 Å². The van der Waals surface area contributed by atoms with E-state index in [0.717, 1.165) is 16.7 Å². The van der Waals surface area contributed by atoms with Crippen LogP contribution in [0.5, 0.6) is 0 Å². The van der Waals surface area contributed by atoms with Gasteiger partial charge in [-0.3, -0.25) is 0 Å². The summed E-state index contributed by atoms with van der Waals surface area (Å²) in [6.45, 7) is 0. The first-order valence-corrected chi connectivity index (χ1v) is 5.39. The summed E-state index contributed by atoms with van der Waals surface area (Å²) < 4.78 is 5.45. The van der Waals surface area contributed by atoms with Gasteiger partial charge in [0.15, 0.2) is 0 Å². The Kier molecular flexibility index (Phi) is 2.24. The number of ether oxygens (including phenoxy) is 1. The predicted molar refractivity (Wildman–Crippen MR) is 49.0 cm³/mol. The Labute approximate surface area is 76.6 Å². The van der Waals surface area contributed by atoms with E-state index in [0.29, 0.717) is 6.10 Å². The van der Waals surface area contributed by atoms with E-state index in [4.69, 9.17) is 4.74 Å². The summed E-state index contributed by atoms with van der Waals surface area (Å²) in [7, 11) is 1.86. The van der Waals surface area contributed by atoms with E-state index in [9.17, 15) is 0 Å². The molecule has 0 aliphatic heterocycles. The fraction of sp³-hybridized carbons (Fsp3) is 1.00. The van der Waals surface area contributed by atoms with E-state index in [1.807, 2.05) is 7.11 Å². The Morgan fingerprint density at radius 1 is 1.18 bits per heavy atom. The van der Waals surface area contributed by atoms with Crippen LogP contribution in [-0.4, -0.2) is 18.0 Å². The zero-order valence-corrected chi connectivity index (χ0v) is 8.51. The molecule has 4 atom stereocenters. The van der Waals surface area contributed by atoms with Gasteiger partial charge in [0.25, 0.3) is 0 Å². The molecule has 0 radical (unpaired) electrons. The Morgan fingerprint density at radius 2 is 1.91 bits per heavy atom. The van der Waals surface area contributed by atoms with Crippen LogP contribution in [0.3, 0.4) is 0 Å². The lowest BCUT2D eigenvalue weighted by atomic mass is 9.69. The summed E-state index contributed by atoms with van der Waals surface area (Å²) in [4.78, 5) is 0.785. The summed E-state index contributed by atoms with van der Waals surface area (Å²) in [5.41, 5.74) is 0. The quantitative estimate of drug-likeness (QED) is 0.616. The van der Waals surface area contributed by atoms with Crippen molar-refractivity contribution in [3.63, 3.8) is 0 Å². The van der Waals surface area contributed by atoms with Crippen molar-refractivity contribution in [2.45, 2.75) is 36.6 Å². The molecule has 1 nitrogen and oxygen atoms in total. The van der Waals surface area contributed by atoms with Crippen LogP contribution in [0.4, 0.5) is 0 Å². The Balaban J connectivity index is 2.04. The number of fused-ring (bicyclic) bond motifs is 3. The lowest BCUT2D eigenvalue weighted by molar-refractivity contribution is -0.0249. The molecule has 0 N–H and O–H groups in total. The van der Waals surface area contributed by atoms with Crippen molar-refractivity contribution in [2.24, 2.45) is 11.8 Å². The first-order valence-electron chi connectivity index (χ1n) is 4.48. The molecule has 11 heavy (non-hydrogen) atoms. The van der Waals surface area contributed by atoms with Crippen LogP contribution in [0, 0.1) is 11.8 Å². The SMILES string of the molecule is CO[C@@H]1C[C@H]2CC[C@@H]1C[C@H]2Br. The maximum absolute atomic E-state index is 5.45. The third-order valence-electron chi connectivity index (χ3n) is 3.31. The average molecular weight is 219 g/mol. The van der Waals surface area contributed by atoms with Crippen LogP contribution < -0.4 is 0 Å². The molecule has 3 aliphatic carbocycles. The number of methoxy groups -OCH3 is 1. The number of hydrogen-bond acceptors (Lipinski definition) is 1. The zero-order chi connectivity index (χ0) is 7.84. The third kappa shape index (κ3) is 1.35. The monoisotopic (exact) mass is 218 g/mol. The molecule has 2 heteroatoms. The molecule has 2 bridgehead atoms. The van der Waals surface area contributed by atoms with E-state index in [2.05, 4.69) is 15.9 Å². The molecule has 0 aromatic rings. The normalized spacial score (nSPS) is 49.6. The Bertz CT molecular complexity index is 148. The van der Waals surface area contributed by atoms with Crippen molar-refractivity contribution in [3.05, 3.63) is 0 Å². The molecular formula is C9H15BrO. The molecule has 0 heterocycles. The largest absolute Gasteiger partial charge is 0.381 e. The number of rotatable bonds is 1. The van der Waals surface area contributed by atoms with Gasteiger partial charge in [-0.1, -0.05) is 15.9 Å². The minimum atomic E-state index is 0.572. The van der Waals surface area contributed by atoms with Gasteiger partial charge < -0.3 is 4.74 Å². The number of alkyl halides is 1. The number of halogens is 1. The molecule has 64 valence electrons. The molecule has 3 saturated carbocycles. The molecule has 3 fully saturated rings. The predicted octanol–water partition coefficient (Wildman–Crippen LogP) is 2.58. The van der Waals surface area contributed by atoms with Gasteiger partial charge in [-0.05, 0) is 37.5 Å². The summed E-state index contributed by atoms with van der Waals surface area (Å²) in [5, 5.41) is 0. The van der Waals surface area contributed by atoms with Crippen LogP contribution in [0.15, 0.2) is 0 Å². The van der Waals surface area contributed by atoms with Crippen LogP contribution in [-0.2, 0) is 4.74 Å². The summed E-state index contributed by atoms with van der Waals surface area (Å²) in [5.74, 6) is 1.74. The molecule has 0 aromatic carbocycles. The fourth-order valence-electron chi connectivity index (χ4n) is 2.59. The minimum absolute atomic E-state index is 0.572. The summed E-state index contributed by atoms with van der Waals surface area (Å²) in [6.07, 6.45) is 6.01. The average Bonchev–Trinajstić information content (AvgIpc) is 2.05. The third-order valence-corrected chi connectivity index (χ3v) is 4.43. The number of hydrogen-bond donors (Lipinski definition) is 0. The fourth-order valence-corrected chi connectivity index (χ4v) is 3.55. The molecule has 0 spiro atoms. The maximum Gasteiger partial charge on any atom is 0.0602 e. The maximum atomic E-state index is 5.45. The highest BCUT2D eigenvalue weighted by atomic mass is 79.9. The molecule has 3 rings (SSSR count). The van der Waals surface area contributed by atoms with Gasteiger partial charge in [0, 0.05) is 11.9 Å². The lowest BCUT2D eigenvalue weighted by Crippen LogP contribution is -2.42. The first kappa shape index (κ1) is 8.06. The van der Waals surface area contributed by atoms with E-state index < -0.39 is 0 Å². The molecular weight excluding hydrogens is 204 g/mol. The van der Waals surface area contributed by atoms with Crippen molar-refractivity contribution in [2.75, 3.05) is 7.11 Å². The van der Waals surface area contributed by atoms with Crippen molar-refractivity contribution < 1.29 is 4.74 Å². The van der Waals surface area contributed by atoms with Gasteiger partial charge in [0.2, 0.25) is 0 Å². The van der Waals surface area contributed by atoms with E-state index >= 15 is 0 Å². The van der Waals surface area contributed by atoms with Crippen molar-refractivity contribution in [1.29, 1.82) is 0 Å². The first-order chi connectivity index (χ1) is 5.31. The highest BCUT2D eigenvalue weighted by molar-refractivity contribution is 9.09. The zero-order valence-electron chi connectivity index (χ0n) is 6.92. The van der Waals surface area contributed by atoms with E-state index in [1.54, 1.807) is 0 Å². The highest BCUT2D eigenvalue weighted by Gasteiger charge is 2.40. The second-order valence-corrected chi connectivity index (χ2v) is 5.04. The van der Waals surface area contributed by atoms with E-state index in [1.165, 1.54) is 25.7 Å². The van der Waals surface area contributed by atoms with Gasteiger partial charge in [0.05, 0.1) is 6.10 Å². The Morgan fingerprint density at radius 3 is 2.36 bits per heavy atom. The van der Waals surface area contributed by atoms with Crippen LogP contribution >= 0.6 is 15.9 Å². The summed E-state index contributed by atoms with van der Waals surface area (Å²) >= 11 is 3.75. The van der Waals surface area contributed by atoms with E-state index in [-0.39, 0.29) is 0 Å². The van der Waals surface area contributed by atoms with Gasteiger partial charge in [-0.2, -0.15) is 0 Å². The Hall–Kier alpha value is 0.440. The molecule has 0 unspecified atom stereocenters. The van der Waals surface area contributed by atoms with Crippen molar-refractivity contribution in [1.82, 2.24) is 0 Å². The molecule has 0 saturated heterocycles. The van der Waals surface area contributed by atoms with Gasteiger partial charge in [-0.15, -0.1) is 0 Å². The smallest absolute Gasteiger partial charge is 0.0602 e.